The Hall–Kier alpha value is -0.830. The molecule has 0 heterocycles. The number of esters is 1. The molecule has 2 nitrogen and oxygen atoms in total. The van der Waals surface area contributed by atoms with E-state index in [0.29, 0.717) is 5.75 Å². The van der Waals surface area contributed by atoms with Crippen LogP contribution in [0.5, 0.6) is 5.75 Å². The lowest BCUT2D eigenvalue weighted by molar-refractivity contribution is -0.131. The van der Waals surface area contributed by atoms with Crippen LogP contribution in [0, 0.1) is 13.8 Å². The van der Waals surface area contributed by atoms with E-state index in [9.17, 15) is 4.79 Å². The number of para-hydroxylation sites is 1. The predicted octanol–water partition coefficient (Wildman–Crippen LogP) is 2.60. The molecule has 0 N–H and O–H groups in total. The van der Waals surface area contributed by atoms with E-state index < -0.39 is 0 Å². The zero-order valence-corrected chi connectivity index (χ0v) is 9.22. The van der Waals surface area contributed by atoms with Gasteiger partial charge in [-0.15, -0.1) is 0 Å². The fourth-order valence-electron chi connectivity index (χ4n) is 1.10. The average Bonchev–Trinajstić information content (AvgIpc) is 2.11. The zero-order valence-electron chi connectivity index (χ0n) is 7.63. The van der Waals surface area contributed by atoms with Crippen LogP contribution < -0.4 is 4.74 Å². The van der Waals surface area contributed by atoms with Gasteiger partial charge < -0.3 is 4.74 Å². The maximum atomic E-state index is 11.0. The topological polar surface area (TPSA) is 26.3 Å². The van der Waals surface area contributed by atoms with Crippen LogP contribution in [-0.4, -0.2) is 11.3 Å². The standard InChI is InChI=1S/C10H11BrO2/c1-7-4-3-5-8(2)10(7)13-9(12)6-11/h3-5H,6H2,1-2H3. The molecule has 0 saturated carbocycles. The van der Waals surface area contributed by atoms with E-state index in [1.54, 1.807) is 0 Å². The van der Waals surface area contributed by atoms with E-state index in [4.69, 9.17) is 4.74 Å². The highest BCUT2D eigenvalue weighted by molar-refractivity contribution is 9.09. The largest absolute Gasteiger partial charge is 0.425 e. The average molecular weight is 243 g/mol. The number of halogens is 1. The molecule has 0 aromatic heterocycles. The predicted molar refractivity (Wildman–Crippen MR) is 55.3 cm³/mol. The number of hydrogen-bond donors (Lipinski definition) is 0. The van der Waals surface area contributed by atoms with Crippen molar-refractivity contribution >= 4 is 21.9 Å². The third kappa shape index (κ3) is 2.56. The minimum Gasteiger partial charge on any atom is -0.425 e. The third-order valence-corrected chi connectivity index (χ3v) is 2.19. The van der Waals surface area contributed by atoms with Crippen molar-refractivity contribution in [2.24, 2.45) is 0 Å². The van der Waals surface area contributed by atoms with Gasteiger partial charge in [-0.1, -0.05) is 34.1 Å². The van der Waals surface area contributed by atoms with E-state index in [2.05, 4.69) is 15.9 Å². The van der Waals surface area contributed by atoms with Crippen LogP contribution in [-0.2, 0) is 4.79 Å². The van der Waals surface area contributed by atoms with Crippen LogP contribution in [0.15, 0.2) is 18.2 Å². The molecular weight excluding hydrogens is 232 g/mol. The summed E-state index contributed by atoms with van der Waals surface area (Å²) in [5.74, 6) is 0.407. The molecule has 1 aromatic rings. The number of hydrogen-bond acceptors (Lipinski definition) is 2. The fraction of sp³-hybridized carbons (Fsp3) is 0.300. The minimum atomic E-state index is -0.266. The van der Waals surface area contributed by atoms with Crippen LogP contribution in [0.2, 0.25) is 0 Å². The summed E-state index contributed by atoms with van der Waals surface area (Å²) in [6.45, 7) is 3.84. The Kier molecular flexibility index (Phi) is 3.48. The molecule has 0 unspecified atom stereocenters. The zero-order chi connectivity index (χ0) is 9.84. The van der Waals surface area contributed by atoms with Gasteiger partial charge in [0.25, 0.3) is 0 Å². The third-order valence-electron chi connectivity index (χ3n) is 1.73. The summed E-state index contributed by atoms with van der Waals surface area (Å²) in [4.78, 5) is 11.0. The van der Waals surface area contributed by atoms with Crippen molar-refractivity contribution in [3.63, 3.8) is 0 Å². The van der Waals surface area contributed by atoms with Crippen molar-refractivity contribution in [3.05, 3.63) is 29.3 Å². The van der Waals surface area contributed by atoms with Crippen molar-refractivity contribution in [2.75, 3.05) is 5.33 Å². The van der Waals surface area contributed by atoms with Gasteiger partial charge in [0.1, 0.15) is 11.1 Å². The van der Waals surface area contributed by atoms with Gasteiger partial charge in [-0.25, -0.2) is 0 Å². The van der Waals surface area contributed by atoms with Gasteiger partial charge in [0, 0.05) is 0 Å². The maximum absolute atomic E-state index is 11.0. The molecule has 0 saturated heterocycles. The lowest BCUT2D eigenvalue weighted by Crippen LogP contribution is -2.10. The van der Waals surface area contributed by atoms with Crippen molar-refractivity contribution in [2.45, 2.75) is 13.8 Å². The van der Waals surface area contributed by atoms with E-state index in [1.807, 2.05) is 32.0 Å². The Bertz CT molecular complexity index is 300. The Labute approximate surface area is 86.0 Å². The van der Waals surface area contributed by atoms with Gasteiger partial charge >= 0.3 is 5.97 Å². The molecule has 3 heteroatoms. The molecule has 0 spiro atoms. The first-order valence-corrected chi connectivity index (χ1v) is 5.10. The van der Waals surface area contributed by atoms with Gasteiger partial charge in [-0.05, 0) is 25.0 Å². The van der Waals surface area contributed by atoms with E-state index in [0.717, 1.165) is 11.1 Å². The molecule has 0 aliphatic rings. The second-order valence-electron chi connectivity index (χ2n) is 2.83. The number of carbonyl (C=O) groups excluding carboxylic acids is 1. The van der Waals surface area contributed by atoms with Crippen molar-refractivity contribution in [3.8, 4) is 5.75 Å². The maximum Gasteiger partial charge on any atom is 0.321 e. The number of benzene rings is 1. The molecule has 1 aromatic carbocycles. The molecule has 0 amide bonds. The number of ether oxygens (including phenoxy) is 1. The molecule has 0 atom stereocenters. The number of carbonyl (C=O) groups is 1. The summed E-state index contributed by atoms with van der Waals surface area (Å²) < 4.78 is 5.14. The summed E-state index contributed by atoms with van der Waals surface area (Å²) >= 11 is 3.05. The van der Waals surface area contributed by atoms with Crippen LogP contribution in [0.4, 0.5) is 0 Å². The van der Waals surface area contributed by atoms with Crippen LogP contribution >= 0.6 is 15.9 Å². The second kappa shape index (κ2) is 4.42. The molecule has 0 fully saturated rings. The summed E-state index contributed by atoms with van der Waals surface area (Å²) in [6.07, 6.45) is 0. The SMILES string of the molecule is Cc1cccc(C)c1OC(=O)CBr. The van der Waals surface area contributed by atoms with Crippen LogP contribution in [0.3, 0.4) is 0 Å². The van der Waals surface area contributed by atoms with Gasteiger partial charge in [0.05, 0.1) is 0 Å². The Morgan fingerprint density at radius 1 is 1.38 bits per heavy atom. The summed E-state index contributed by atoms with van der Waals surface area (Å²) in [5, 5.41) is 0.223. The van der Waals surface area contributed by atoms with Crippen LogP contribution in [0.1, 0.15) is 11.1 Å². The minimum absolute atomic E-state index is 0.223. The molecule has 1 rings (SSSR count). The molecular formula is C10H11BrO2. The molecule has 70 valence electrons. The first-order chi connectivity index (χ1) is 6.15. The summed E-state index contributed by atoms with van der Waals surface area (Å²) in [6, 6.07) is 5.78. The van der Waals surface area contributed by atoms with Gasteiger partial charge in [0.15, 0.2) is 0 Å². The monoisotopic (exact) mass is 242 g/mol. The van der Waals surface area contributed by atoms with E-state index in [1.165, 1.54) is 0 Å². The highest BCUT2D eigenvalue weighted by atomic mass is 79.9. The quantitative estimate of drug-likeness (QED) is 0.453. The van der Waals surface area contributed by atoms with E-state index >= 15 is 0 Å². The number of rotatable bonds is 2. The Morgan fingerprint density at radius 3 is 2.38 bits per heavy atom. The van der Waals surface area contributed by atoms with Crippen molar-refractivity contribution < 1.29 is 9.53 Å². The molecule has 0 bridgehead atoms. The first kappa shape index (κ1) is 10.3. The van der Waals surface area contributed by atoms with Crippen LogP contribution in [0.25, 0.3) is 0 Å². The molecule has 0 aliphatic heterocycles. The first-order valence-electron chi connectivity index (χ1n) is 3.98. The normalized spacial score (nSPS) is 9.77. The number of alkyl halides is 1. The lowest BCUT2D eigenvalue weighted by atomic mass is 10.1. The summed E-state index contributed by atoms with van der Waals surface area (Å²) in [7, 11) is 0. The lowest BCUT2D eigenvalue weighted by Gasteiger charge is -2.08. The Morgan fingerprint density at radius 2 is 1.92 bits per heavy atom. The van der Waals surface area contributed by atoms with Crippen molar-refractivity contribution in [1.82, 2.24) is 0 Å². The number of aryl methyl sites for hydroxylation is 2. The Balaban J connectivity index is 2.93. The molecule has 13 heavy (non-hydrogen) atoms. The van der Waals surface area contributed by atoms with Gasteiger partial charge in [-0.3, -0.25) is 4.79 Å². The molecule has 0 aliphatic carbocycles. The van der Waals surface area contributed by atoms with E-state index in [-0.39, 0.29) is 11.3 Å². The van der Waals surface area contributed by atoms with Gasteiger partial charge in [-0.2, -0.15) is 0 Å². The fourth-order valence-corrected chi connectivity index (χ4v) is 1.22. The molecule has 0 radical (unpaired) electrons. The second-order valence-corrected chi connectivity index (χ2v) is 3.39. The highest BCUT2D eigenvalue weighted by Crippen LogP contribution is 2.22. The smallest absolute Gasteiger partial charge is 0.321 e. The van der Waals surface area contributed by atoms with Crippen molar-refractivity contribution in [1.29, 1.82) is 0 Å². The van der Waals surface area contributed by atoms with Gasteiger partial charge in [0.2, 0.25) is 0 Å². The summed E-state index contributed by atoms with van der Waals surface area (Å²) in [5.41, 5.74) is 1.96. The highest BCUT2D eigenvalue weighted by Gasteiger charge is 2.07.